The highest BCUT2D eigenvalue weighted by Crippen LogP contribution is 2.38. The third kappa shape index (κ3) is 6.21. The topological polar surface area (TPSA) is 104 Å². The van der Waals surface area contributed by atoms with Gasteiger partial charge in [0.25, 0.3) is 11.6 Å². The molecular formula is C26H30N6O3. The van der Waals surface area contributed by atoms with Crippen LogP contribution in [0, 0.1) is 10.1 Å². The Hall–Kier alpha value is -4.24. The maximum Gasteiger partial charge on any atom is 0.271 e. The standard InChI is InChI=1S/C26H30N6O3/c1-6-20(10-9-18(2)31(5)15-14-30(3)4)28-25(19-8-7-13-27-17-19)24-22-12-11-21(32(34)35)16-23(22)29-26(24)33/h6-13,16-17,28H,2,14-15H2,1,3-5H3,(H,29,33)/b10-9-,20-6+,25-24-. The van der Waals surface area contributed by atoms with Gasteiger partial charge < -0.3 is 20.4 Å². The number of benzene rings is 1. The molecule has 0 radical (unpaired) electrons. The Morgan fingerprint density at radius 2 is 2.00 bits per heavy atom. The van der Waals surface area contributed by atoms with Crippen LogP contribution in [-0.2, 0) is 4.79 Å². The van der Waals surface area contributed by atoms with Crippen molar-refractivity contribution in [3.63, 3.8) is 0 Å². The average Bonchev–Trinajstić information content (AvgIpc) is 3.17. The van der Waals surface area contributed by atoms with Crippen LogP contribution in [0.1, 0.15) is 18.1 Å². The predicted molar refractivity (Wildman–Crippen MR) is 139 cm³/mol. The first kappa shape index (κ1) is 25.4. The molecule has 1 aliphatic heterocycles. The molecule has 9 nitrogen and oxygen atoms in total. The van der Waals surface area contributed by atoms with Crippen LogP contribution in [0.3, 0.4) is 0 Å². The number of allylic oxidation sites excluding steroid dienone is 3. The summed E-state index contributed by atoms with van der Waals surface area (Å²) >= 11 is 0. The molecule has 2 aromatic rings. The van der Waals surface area contributed by atoms with E-state index >= 15 is 0 Å². The van der Waals surface area contributed by atoms with E-state index in [4.69, 9.17) is 0 Å². The van der Waals surface area contributed by atoms with Gasteiger partial charge in [0, 0.05) is 67.2 Å². The molecule has 0 saturated carbocycles. The predicted octanol–water partition coefficient (Wildman–Crippen LogP) is 3.87. The third-order valence-corrected chi connectivity index (χ3v) is 5.57. The minimum Gasteiger partial charge on any atom is -0.374 e. The first-order chi connectivity index (χ1) is 16.7. The fraction of sp³-hybridized carbons (Fsp3) is 0.231. The molecule has 1 aromatic heterocycles. The second-order valence-electron chi connectivity index (χ2n) is 8.35. The Balaban J connectivity index is 1.97. The number of nitrogens with zero attached hydrogens (tertiary/aromatic N) is 4. The lowest BCUT2D eigenvalue weighted by Crippen LogP contribution is -2.27. The summed E-state index contributed by atoms with van der Waals surface area (Å²) < 4.78 is 0. The van der Waals surface area contributed by atoms with Crippen molar-refractivity contribution in [2.45, 2.75) is 6.92 Å². The zero-order valence-corrected chi connectivity index (χ0v) is 20.4. The summed E-state index contributed by atoms with van der Waals surface area (Å²) in [7, 11) is 6.04. The zero-order valence-electron chi connectivity index (χ0n) is 20.4. The number of nitrogens with one attached hydrogen (secondary N) is 2. The van der Waals surface area contributed by atoms with Crippen LogP contribution in [-0.4, -0.2) is 59.8 Å². The van der Waals surface area contributed by atoms with Crippen molar-refractivity contribution in [1.29, 1.82) is 0 Å². The number of hydrogen-bond donors (Lipinski definition) is 2. The van der Waals surface area contributed by atoms with Gasteiger partial charge in [0.2, 0.25) is 0 Å². The molecule has 0 aliphatic carbocycles. The number of nitro groups is 1. The lowest BCUT2D eigenvalue weighted by Gasteiger charge is -2.22. The molecule has 1 amide bonds. The van der Waals surface area contributed by atoms with E-state index in [-0.39, 0.29) is 11.6 Å². The number of pyridine rings is 1. The minimum atomic E-state index is -0.487. The highest BCUT2D eigenvalue weighted by molar-refractivity contribution is 6.36. The van der Waals surface area contributed by atoms with Crippen LogP contribution in [0.2, 0.25) is 0 Å². The number of likely N-dealkylation sites (N-methyl/N-ethyl adjacent to an activating group) is 2. The summed E-state index contributed by atoms with van der Waals surface area (Å²) in [4.78, 5) is 32.1. The van der Waals surface area contributed by atoms with E-state index < -0.39 is 4.92 Å². The van der Waals surface area contributed by atoms with Gasteiger partial charge in [-0.2, -0.15) is 0 Å². The maximum atomic E-state index is 13.0. The van der Waals surface area contributed by atoms with Gasteiger partial charge in [-0.25, -0.2) is 0 Å². The van der Waals surface area contributed by atoms with Gasteiger partial charge in [0.1, 0.15) is 0 Å². The van der Waals surface area contributed by atoms with Gasteiger partial charge in [-0.1, -0.05) is 12.7 Å². The van der Waals surface area contributed by atoms with Crippen LogP contribution in [0.4, 0.5) is 11.4 Å². The van der Waals surface area contributed by atoms with E-state index in [9.17, 15) is 14.9 Å². The number of rotatable bonds is 10. The van der Waals surface area contributed by atoms with Crippen molar-refractivity contribution < 1.29 is 9.72 Å². The van der Waals surface area contributed by atoms with E-state index in [1.54, 1.807) is 24.5 Å². The number of amides is 1. The number of anilines is 1. The molecule has 2 N–H and O–H groups in total. The molecule has 3 rings (SSSR count). The van der Waals surface area contributed by atoms with Gasteiger partial charge in [0.05, 0.1) is 21.9 Å². The lowest BCUT2D eigenvalue weighted by atomic mass is 10.0. The quantitative estimate of drug-likeness (QED) is 0.233. The number of carbonyl (C=O) groups excluding carboxylic acids is 1. The Morgan fingerprint density at radius 1 is 1.23 bits per heavy atom. The Kier molecular flexibility index (Phi) is 8.17. The molecule has 0 bridgehead atoms. The van der Waals surface area contributed by atoms with Crippen LogP contribution in [0.5, 0.6) is 0 Å². The minimum absolute atomic E-state index is 0.0878. The second kappa shape index (κ2) is 11.3. The number of aromatic nitrogens is 1. The van der Waals surface area contributed by atoms with E-state index in [1.807, 2.05) is 52.4 Å². The van der Waals surface area contributed by atoms with Crippen molar-refractivity contribution >= 4 is 28.6 Å². The summed E-state index contributed by atoms with van der Waals surface area (Å²) in [6, 6.07) is 7.98. The monoisotopic (exact) mass is 474 g/mol. The molecule has 0 unspecified atom stereocenters. The summed E-state index contributed by atoms with van der Waals surface area (Å²) in [5.41, 5.74) is 4.13. The molecule has 1 aromatic carbocycles. The number of fused-ring (bicyclic) bond motifs is 1. The van der Waals surface area contributed by atoms with Gasteiger partial charge in [-0.3, -0.25) is 19.9 Å². The van der Waals surface area contributed by atoms with Crippen molar-refractivity contribution in [3.8, 4) is 0 Å². The Bertz CT molecular complexity index is 1210. The van der Waals surface area contributed by atoms with Crippen LogP contribution < -0.4 is 10.6 Å². The third-order valence-electron chi connectivity index (χ3n) is 5.57. The molecule has 182 valence electrons. The molecule has 1 aliphatic rings. The summed E-state index contributed by atoms with van der Waals surface area (Å²) in [6.45, 7) is 7.77. The molecule has 0 fully saturated rings. The van der Waals surface area contributed by atoms with Crippen LogP contribution in [0.15, 0.2) is 78.9 Å². The average molecular weight is 475 g/mol. The van der Waals surface area contributed by atoms with E-state index in [1.165, 1.54) is 12.1 Å². The number of carbonyl (C=O) groups is 1. The molecule has 9 heteroatoms. The van der Waals surface area contributed by atoms with Crippen LogP contribution >= 0.6 is 0 Å². The molecule has 0 atom stereocenters. The zero-order chi connectivity index (χ0) is 25.5. The van der Waals surface area contributed by atoms with E-state index in [0.29, 0.717) is 28.1 Å². The fourth-order valence-electron chi connectivity index (χ4n) is 3.47. The Labute approximate surface area is 205 Å². The van der Waals surface area contributed by atoms with Crippen molar-refractivity contribution in [3.05, 3.63) is 100 Å². The Morgan fingerprint density at radius 3 is 2.63 bits per heavy atom. The largest absolute Gasteiger partial charge is 0.374 e. The fourth-order valence-corrected chi connectivity index (χ4v) is 3.47. The highest BCUT2D eigenvalue weighted by atomic mass is 16.6. The summed E-state index contributed by atoms with van der Waals surface area (Å²) in [5, 5.41) is 17.3. The molecule has 0 spiro atoms. The van der Waals surface area contributed by atoms with Gasteiger partial charge >= 0.3 is 0 Å². The highest BCUT2D eigenvalue weighted by Gasteiger charge is 2.30. The van der Waals surface area contributed by atoms with Gasteiger partial charge in [-0.15, -0.1) is 0 Å². The van der Waals surface area contributed by atoms with Crippen molar-refractivity contribution in [1.82, 2.24) is 20.1 Å². The van der Waals surface area contributed by atoms with Crippen molar-refractivity contribution in [2.24, 2.45) is 0 Å². The van der Waals surface area contributed by atoms with Gasteiger partial charge in [-0.05, 0) is 51.4 Å². The molecule has 35 heavy (non-hydrogen) atoms. The smallest absolute Gasteiger partial charge is 0.271 e. The first-order valence-electron chi connectivity index (χ1n) is 11.1. The van der Waals surface area contributed by atoms with Crippen LogP contribution in [0.25, 0.3) is 11.3 Å². The lowest BCUT2D eigenvalue weighted by molar-refractivity contribution is -0.384. The number of non-ortho nitro benzene ring substituents is 1. The number of nitro benzene ring substituents is 1. The molecule has 2 heterocycles. The maximum absolute atomic E-state index is 13.0. The SMILES string of the molecule is C=C(/C=C\C(=C/C)N/C(=C1\C(=O)Nc2cc([N+](=O)[O-])ccc21)c1cccnc1)N(C)CCN(C)C. The summed E-state index contributed by atoms with van der Waals surface area (Å²) in [5.74, 6) is -0.348. The van der Waals surface area contributed by atoms with E-state index in [2.05, 4.69) is 32.0 Å². The number of hydrogen-bond acceptors (Lipinski definition) is 7. The normalized spacial score (nSPS) is 14.7. The first-order valence-corrected chi connectivity index (χ1v) is 11.1. The summed E-state index contributed by atoms with van der Waals surface area (Å²) in [6.07, 6.45) is 9.02. The molecular weight excluding hydrogens is 444 g/mol. The van der Waals surface area contributed by atoms with Gasteiger partial charge in [0.15, 0.2) is 0 Å². The van der Waals surface area contributed by atoms with E-state index in [0.717, 1.165) is 24.5 Å². The second-order valence-corrected chi connectivity index (χ2v) is 8.35. The molecule has 0 saturated heterocycles. The van der Waals surface area contributed by atoms with Crippen molar-refractivity contribution in [2.75, 3.05) is 39.5 Å².